The Kier molecular flexibility index (Phi) is 6.15. The van der Waals surface area contributed by atoms with Gasteiger partial charge in [-0.3, -0.25) is 4.79 Å². The molecule has 0 saturated carbocycles. The first-order chi connectivity index (χ1) is 14.7. The van der Waals surface area contributed by atoms with Crippen molar-refractivity contribution in [1.29, 1.82) is 0 Å². The second-order valence-corrected chi connectivity index (χ2v) is 7.88. The Hall–Kier alpha value is -3.51. The van der Waals surface area contributed by atoms with E-state index < -0.39 is 12.0 Å². The molecular weight excluding hydrogens is 396 g/mol. The van der Waals surface area contributed by atoms with Gasteiger partial charge in [0.2, 0.25) is 0 Å². The molecule has 3 aromatic carbocycles. The van der Waals surface area contributed by atoms with Crippen LogP contribution >= 0.6 is 11.3 Å². The average molecular weight is 417 g/mol. The summed E-state index contributed by atoms with van der Waals surface area (Å²) in [5.74, 6) is -0.796. The molecule has 1 N–H and O–H groups in total. The lowest BCUT2D eigenvalue weighted by molar-refractivity contribution is -0.147. The lowest BCUT2D eigenvalue weighted by Crippen LogP contribution is -2.43. The summed E-state index contributed by atoms with van der Waals surface area (Å²) in [6.45, 7) is 0.0741. The molecule has 4 aromatic rings. The molecule has 0 aliphatic heterocycles. The van der Waals surface area contributed by atoms with Gasteiger partial charge in [-0.2, -0.15) is 0 Å². The number of nitrogens with one attached hydrogen (secondary N) is 1. The molecule has 0 radical (unpaired) electrons. The number of benzene rings is 3. The van der Waals surface area contributed by atoms with Crippen LogP contribution in [0.4, 0.5) is 0 Å². The van der Waals surface area contributed by atoms with E-state index in [1.165, 1.54) is 11.3 Å². The van der Waals surface area contributed by atoms with E-state index in [0.29, 0.717) is 12.0 Å². The Balaban J connectivity index is 1.47. The number of amides is 1. The molecule has 0 fully saturated rings. The molecule has 0 aliphatic carbocycles. The van der Waals surface area contributed by atoms with Crippen molar-refractivity contribution in [2.24, 2.45) is 0 Å². The van der Waals surface area contributed by atoms with Gasteiger partial charge in [0.05, 0.1) is 10.2 Å². The van der Waals surface area contributed by atoms with Gasteiger partial charge >= 0.3 is 5.97 Å². The van der Waals surface area contributed by atoms with Crippen molar-refractivity contribution in [2.75, 3.05) is 0 Å². The molecule has 0 spiro atoms. The number of rotatable bonds is 7. The lowest BCUT2D eigenvalue weighted by Gasteiger charge is -2.17. The van der Waals surface area contributed by atoms with Crippen LogP contribution < -0.4 is 5.32 Å². The fourth-order valence-electron chi connectivity index (χ4n) is 3.09. The van der Waals surface area contributed by atoms with Gasteiger partial charge < -0.3 is 10.1 Å². The Labute approximate surface area is 178 Å². The maximum Gasteiger partial charge on any atom is 0.329 e. The van der Waals surface area contributed by atoms with Crippen LogP contribution in [0, 0.1) is 0 Å². The minimum absolute atomic E-state index is 0.0741. The third kappa shape index (κ3) is 4.90. The molecule has 30 heavy (non-hydrogen) atoms. The number of ether oxygens (including phenoxy) is 1. The fourth-order valence-corrected chi connectivity index (χ4v) is 3.97. The highest BCUT2D eigenvalue weighted by atomic mass is 32.1. The number of thiazole rings is 1. The van der Waals surface area contributed by atoms with Crippen molar-refractivity contribution in [3.8, 4) is 0 Å². The van der Waals surface area contributed by atoms with Crippen LogP contribution in [0.25, 0.3) is 10.2 Å². The molecule has 1 amide bonds. The number of aromatic nitrogens is 1. The molecule has 0 aliphatic rings. The molecule has 0 saturated heterocycles. The first-order valence-electron chi connectivity index (χ1n) is 9.60. The van der Waals surface area contributed by atoms with Crippen LogP contribution in [0.15, 0.2) is 84.9 Å². The number of hydrogen-bond donors (Lipinski definition) is 1. The Morgan fingerprint density at radius 2 is 1.57 bits per heavy atom. The van der Waals surface area contributed by atoms with Gasteiger partial charge in [-0.1, -0.05) is 60.7 Å². The van der Waals surface area contributed by atoms with Gasteiger partial charge in [-0.15, -0.1) is 11.3 Å². The summed E-state index contributed by atoms with van der Waals surface area (Å²) in [5.41, 5.74) is 2.31. The van der Waals surface area contributed by atoms with Crippen LogP contribution in [0.3, 0.4) is 0 Å². The Morgan fingerprint density at radius 3 is 2.30 bits per heavy atom. The van der Waals surface area contributed by atoms with E-state index in [4.69, 9.17) is 4.74 Å². The Morgan fingerprint density at radius 1 is 0.900 bits per heavy atom. The largest absolute Gasteiger partial charge is 0.457 e. The van der Waals surface area contributed by atoms with Crippen molar-refractivity contribution < 1.29 is 14.3 Å². The topological polar surface area (TPSA) is 68.3 Å². The standard InChI is InChI=1S/C24H20N2O3S/c27-23(18-11-5-2-6-12-18)26-20(15-17-9-3-1-4-10-17)24(28)29-16-22-25-19-13-7-8-14-21(19)30-22/h1-14,20H,15-16H2,(H,26,27). The third-order valence-electron chi connectivity index (χ3n) is 4.58. The summed E-state index contributed by atoms with van der Waals surface area (Å²) < 4.78 is 6.57. The van der Waals surface area contributed by atoms with E-state index in [1.807, 2.05) is 60.7 Å². The number of carbonyl (C=O) groups excluding carboxylic acids is 2. The maximum absolute atomic E-state index is 12.8. The highest BCUT2D eigenvalue weighted by molar-refractivity contribution is 7.18. The maximum atomic E-state index is 12.8. The van der Waals surface area contributed by atoms with Gasteiger partial charge in [-0.05, 0) is 29.8 Å². The molecule has 150 valence electrons. The van der Waals surface area contributed by atoms with Gasteiger partial charge in [-0.25, -0.2) is 9.78 Å². The molecule has 5 nitrogen and oxygen atoms in total. The monoisotopic (exact) mass is 416 g/mol. The zero-order valence-corrected chi connectivity index (χ0v) is 17.0. The van der Waals surface area contributed by atoms with E-state index in [0.717, 1.165) is 20.8 Å². The normalized spacial score (nSPS) is 11.7. The van der Waals surface area contributed by atoms with Gasteiger partial charge in [0.15, 0.2) is 0 Å². The summed E-state index contributed by atoms with van der Waals surface area (Å²) in [4.78, 5) is 29.9. The zero-order chi connectivity index (χ0) is 20.8. The molecular formula is C24H20N2O3S. The molecule has 4 rings (SSSR count). The van der Waals surface area contributed by atoms with E-state index in [9.17, 15) is 9.59 Å². The summed E-state index contributed by atoms with van der Waals surface area (Å²) in [6, 6.07) is 25.4. The van der Waals surface area contributed by atoms with Crippen LogP contribution in [0.2, 0.25) is 0 Å². The molecule has 1 unspecified atom stereocenters. The van der Waals surface area contributed by atoms with E-state index in [2.05, 4.69) is 10.3 Å². The smallest absolute Gasteiger partial charge is 0.329 e. The van der Waals surface area contributed by atoms with Crippen LogP contribution in [-0.2, 0) is 22.6 Å². The summed E-state index contributed by atoms with van der Waals surface area (Å²) in [5, 5.41) is 3.53. The quantitative estimate of drug-likeness (QED) is 0.454. The second kappa shape index (κ2) is 9.33. The second-order valence-electron chi connectivity index (χ2n) is 6.76. The predicted molar refractivity (Wildman–Crippen MR) is 117 cm³/mol. The minimum atomic E-state index is -0.797. The first kappa shape index (κ1) is 19.8. The highest BCUT2D eigenvalue weighted by Crippen LogP contribution is 2.22. The van der Waals surface area contributed by atoms with Crippen LogP contribution in [0.5, 0.6) is 0 Å². The number of para-hydroxylation sites is 1. The Bertz CT molecular complexity index is 1110. The molecule has 1 heterocycles. The summed E-state index contributed by atoms with van der Waals surface area (Å²) >= 11 is 1.49. The van der Waals surface area contributed by atoms with Crippen molar-refractivity contribution in [3.05, 3.63) is 101 Å². The van der Waals surface area contributed by atoms with Crippen molar-refractivity contribution in [2.45, 2.75) is 19.1 Å². The SMILES string of the molecule is O=C(NC(Cc1ccccc1)C(=O)OCc1nc2ccccc2s1)c1ccccc1. The lowest BCUT2D eigenvalue weighted by atomic mass is 10.1. The number of hydrogen-bond acceptors (Lipinski definition) is 5. The number of nitrogens with zero attached hydrogens (tertiary/aromatic N) is 1. The summed E-state index contributed by atoms with van der Waals surface area (Å²) in [6.07, 6.45) is 0.345. The fraction of sp³-hybridized carbons (Fsp3) is 0.125. The zero-order valence-electron chi connectivity index (χ0n) is 16.2. The predicted octanol–water partition coefficient (Wildman–Crippen LogP) is 4.38. The number of esters is 1. The van der Waals surface area contributed by atoms with Crippen LogP contribution in [0.1, 0.15) is 20.9 Å². The van der Waals surface area contributed by atoms with E-state index >= 15 is 0 Å². The van der Waals surface area contributed by atoms with Gasteiger partial charge in [0.1, 0.15) is 17.7 Å². The van der Waals surface area contributed by atoms with Crippen LogP contribution in [-0.4, -0.2) is 22.9 Å². The molecule has 6 heteroatoms. The number of carbonyl (C=O) groups is 2. The molecule has 1 aromatic heterocycles. The van der Waals surface area contributed by atoms with Gasteiger partial charge in [0.25, 0.3) is 5.91 Å². The van der Waals surface area contributed by atoms with E-state index in [-0.39, 0.29) is 12.5 Å². The molecule has 1 atom stereocenters. The van der Waals surface area contributed by atoms with Crippen molar-refractivity contribution in [1.82, 2.24) is 10.3 Å². The molecule has 0 bridgehead atoms. The summed E-state index contributed by atoms with van der Waals surface area (Å²) in [7, 11) is 0. The average Bonchev–Trinajstić information content (AvgIpc) is 3.21. The van der Waals surface area contributed by atoms with Crippen molar-refractivity contribution in [3.63, 3.8) is 0 Å². The van der Waals surface area contributed by atoms with Gasteiger partial charge in [0, 0.05) is 12.0 Å². The minimum Gasteiger partial charge on any atom is -0.457 e. The van der Waals surface area contributed by atoms with Crippen molar-refractivity contribution >= 4 is 33.4 Å². The third-order valence-corrected chi connectivity index (χ3v) is 5.59. The number of fused-ring (bicyclic) bond motifs is 1. The van der Waals surface area contributed by atoms with E-state index in [1.54, 1.807) is 24.3 Å². The first-order valence-corrected chi connectivity index (χ1v) is 10.4. The highest BCUT2D eigenvalue weighted by Gasteiger charge is 2.24.